The molecule has 1 aliphatic heterocycles. The number of rotatable bonds is 3. The standard InChI is InChI=1S/C12H20N4O.2ClH/c1-10-11(2)16(9-6-13-10)12(17)4-8-15-7-3-5-14-15;;/h3,5,7,10-11,13H,4,6,8-9H2,1-2H3;2*1H. The van der Waals surface area contributed by atoms with Gasteiger partial charge in [0.05, 0.1) is 0 Å². The number of aryl methyl sites for hydroxylation is 1. The molecule has 5 nitrogen and oxygen atoms in total. The first kappa shape index (κ1) is 18.2. The molecule has 1 aromatic heterocycles. The van der Waals surface area contributed by atoms with Crippen LogP contribution in [0.2, 0.25) is 0 Å². The quantitative estimate of drug-likeness (QED) is 0.916. The number of aromatic nitrogens is 2. The minimum Gasteiger partial charge on any atom is -0.337 e. The van der Waals surface area contributed by atoms with E-state index in [1.165, 1.54) is 0 Å². The van der Waals surface area contributed by atoms with E-state index in [2.05, 4.69) is 24.3 Å². The van der Waals surface area contributed by atoms with Gasteiger partial charge in [-0.05, 0) is 19.9 Å². The van der Waals surface area contributed by atoms with Crippen LogP contribution in [-0.2, 0) is 11.3 Å². The molecule has 7 heteroatoms. The molecule has 0 aliphatic carbocycles. The smallest absolute Gasteiger partial charge is 0.224 e. The summed E-state index contributed by atoms with van der Waals surface area (Å²) in [5.41, 5.74) is 0. The van der Waals surface area contributed by atoms with Gasteiger partial charge in [-0.1, -0.05) is 0 Å². The third-order valence-electron chi connectivity index (χ3n) is 3.47. The lowest BCUT2D eigenvalue weighted by atomic mass is 10.1. The van der Waals surface area contributed by atoms with Crippen LogP contribution in [0, 0.1) is 0 Å². The molecular weight excluding hydrogens is 287 g/mol. The molecule has 1 saturated heterocycles. The van der Waals surface area contributed by atoms with E-state index in [4.69, 9.17) is 0 Å². The normalized spacial score (nSPS) is 22.3. The predicted octanol–water partition coefficient (Wildman–Crippen LogP) is 1.33. The van der Waals surface area contributed by atoms with Gasteiger partial charge in [-0.2, -0.15) is 5.10 Å². The van der Waals surface area contributed by atoms with Crippen molar-refractivity contribution in [1.82, 2.24) is 20.0 Å². The molecule has 1 fully saturated rings. The Kier molecular flexibility index (Phi) is 8.06. The molecule has 110 valence electrons. The van der Waals surface area contributed by atoms with Gasteiger partial charge < -0.3 is 10.2 Å². The maximum atomic E-state index is 12.1. The monoisotopic (exact) mass is 308 g/mol. The van der Waals surface area contributed by atoms with Gasteiger partial charge in [-0.15, -0.1) is 24.8 Å². The molecule has 1 aromatic rings. The number of piperazine rings is 1. The molecule has 2 unspecified atom stereocenters. The SMILES string of the molecule is CC1NCCN(C(=O)CCn2cccn2)C1C.Cl.Cl. The Morgan fingerprint density at radius 1 is 1.42 bits per heavy atom. The lowest BCUT2D eigenvalue weighted by molar-refractivity contribution is -0.135. The predicted molar refractivity (Wildman–Crippen MR) is 80.0 cm³/mol. The zero-order chi connectivity index (χ0) is 12.3. The van der Waals surface area contributed by atoms with Crippen molar-refractivity contribution < 1.29 is 4.79 Å². The Bertz CT molecular complexity index is 372. The zero-order valence-electron chi connectivity index (χ0n) is 11.3. The van der Waals surface area contributed by atoms with Crippen molar-refractivity contribution in [2.24, 2.45) is 0 Å². The summed E-state index contributed by atoms with van der Waals surface area (Å²) >= 11 is 0. The second-order valence-electron chi connectivity index (χ2n) is 4.59. The fourth-order valence-electron chi connectivity index (χ4n) is 2.20. The highest BCUT2D eigenvalue weighted by molar-refractivity contribution is 5.85. The summed E-state index contributed by atoms with van der Waals surface area (Å²) in [6, 6.07) is 2.52. The van der Waals surface area contributed by atoms with Gasteiger partial charge >= 0.3 is 0 Å². The van der Waals surface area contributed by atoms with Crippen LogP contribution in [0.25, 0.3) is 0 Å². The number of hydrogen-bond acceptors (Lipinski definition) is 3. The summed E-state index contributed by atoms with van der Waals surface area (Å²) < 4.78 is 1.80. The van der Waals surface area contributed by atoms with Gasteiger partial charge in [-0.25, -0.2) is 0 Å². The third-order valence-corrected chi connectivity index (χ3v) is 3.47. The molecule has 1 N–H and O–H groups in total. The highest BCUT2D eigenvalue weighted by Crippen LogP contribution is 2.10. The fourth-order valence-corrected chi connectivity index (χ4v) is 2.20. The number of carbonyl (C=O) groups is 1. The van der Waals surface area contributed by atoms with Crippen molar-refractivity contribution in [3.05, 3.63) is 18.5 Å². The largest absolute Gasteiger partial charge is 0.337 e. The molecule has 0 spiro atoms. The molecule has 19 heavy (non-hydrogen) atoms. The highest BCUT2D eigenvalue weighted by atomic mass is 35.5. The van der Waals surface area contributed by atoms with Crippen LogP contribution >= 0.6 is 24.8 Å². The average Bonchev–Trinajstić information content (AvgIpc) is 2.82. The number of nitrogens with zero attached hydrogens (tertiary/aromatic N) is 3. The maximum absolute atomic E-state index is 12.1. The minimum atomic E-state index is 0. The summed E-state index contributed by atoms with van der Waals surface area (Å²) in [6.45, 7) is 6.58. The van der Waals surface area contributed by atoms with E-state index in [9.17, 15) is 4.79 Å². The van der Waals surface area contributed by atoms with E-state index in [0.29, 0.717) is 19.0 Å². The molecule has 0 saturated carbocycles. The van der Waals surface area contributed by atoms with Crippen LogP contribution in [0.4, 0.5) is 0 Å². The number of carbonyl (C=O) groups excluding carboxylic acids is 1. The third kappa shape index (κ3) is 4.67. The maximum Gasteiger partial charge on any atom is 0.224 e. The first-order chi connectivity index (χ1) is 8.18. The van der Waals surface area contributed by atoms with E-state index in [1.54, 1.807) is 10.9 Å². The molecule has 2 atom stereocenters. The molecular formula is C12H22Cl2N4O. The van der Waals surface area contributed by atoms with Crippen LogP contribution in [-0.4, -0.2) is 45.8 Å². The molecule has 0 bridgehead atoms. The fraction of sp³-hybridized carbons (Fsp3) is 0.667. The van der Waals surface area contributed by atoms with E-state index in [1.807, 2.05) is 17.2 Å². The molecule has 2 rings (SSSR count). The van der Waals surface area contributed by atoms with Gasteiger partial charge in [0.15, 0.2) is 0 Å². The van der Waals surface area contributed by atoms with E-state index >= 15 is 0 Å². The molecule has 0 radical (unpaired) electrons. The first-order valence-corrected chi connectivity index (χ1v) is 6.19. The lowest BCUT2D eigenvalue weighted by Crippen LogP contribution is -2.57. The lowest BCUT2D eigenvalue weighted by Gasteiger charge is -2.38. The Morgan fingerprint density at radius 3 is 2.79 bits per heavy atom. The average molecular weight is 309 g/mol. The van der Waals surface area contributed by atoms with E-state index in [-0.39, 0.29) is 36.8 Å². The number of amides is 1. The second-order valence-corrected chi connectivity index (χ2v) is 4.59. The Labute approximate surface area is 126 Å². The molecule has 0 aromatic carbocycles. The van der Waals surface area contributed by atoms with Gasteiger partial charge in [-0.3, -0.25) is 9.48 Å². The molecule has 1 amide bonds. The molecule has 2 heterocycles. The van der Waals surface area contributed by atoms with Crippen LogP contribution < -0.4 is 5.32 Å². The van der Waals surface area contributed by atoms with Gasteiger partial charge in [0.2, 0.25) is 5.91 Å². The van der Waals surface area contributed by atoms with E-state index < -0.39 is 0 Å². The highest BCUT2D eigenvalue weighted by Gasteiger charge is 2.27. The number of nitrogens with one attached hydrogen (secondary N) is 1. The summed E-state index contributed by atoms with van der Waals surface area (Å²) in [4.78, 5) is 14.1. The van der Waals surface area contributed by atoms with Crippen LogP contribution in [0.15, 0.2) is 18.5 Å². The first-order valence-electron chi connectivity index (χ1n) is 6.19. The van der Waals surface area contributed by atoms with Crippen molar-refractivity contribution >= 4 is 30.7 Å². The molecule has 1 aliphatic rings. The van der Waals surface area contributed by atoms with Crippen molar-refractivity contribution in [3.63, 3.8) is 0 Å². The zero-order valence-corrected chi connectivity index (χ0v) is 12.9. The van der Waals surface area contributed by atoms with Crippen molar-refractivity contribution in [1.29, 1.82) is 0 Å². The Morgan fingerprint density at radius 2 is 2.16 bits per heavy atom. The topological polar surface area (TPSA) is 50.2 Å². The van der Waals surface area contributed by atoms with Crippen LogP contribution in [0.5, 0.6) is 0 Å². The van der Waals surface area contributed by atoms with Gasteiger partial charge in [0.1, 0.15) is 0 Å². The van der Waals surface area contributed by atoms with Crippen LogP contribution in [0.3, 0.4) is 0 Å². The second kappa shape index (κ2) is 8.40. The summed E-state index contributed by atoms with van der Waals surface area (Å²) in [7, 11) is 0. The van der Waals surface area contributed by atoms with E-state index in [0.717, 1.165) is 13.1 Å². The Balaban J connectivity index is 0.00000162. The summed E-state index contributed by atoms with van der Waals surface area (Å²) in [5, 5.41) is 7.48. The minimum absolute atomic E-state index is 0. The van der Waals surface area contributed by atoms with Gasteiger partial charge in [0, 0.05) is 50.5 Å². The summed E-state index contributed by atoms with van der Waals surface area (Å²) in [6.07, 6.45) is 4.15. The Hall–Kier alpha value is -0.780. The van der Waals surface area contributed by atoms with Crippen molar-refractivity contribution in [2.75, 3.05) is 13.1 Å². The van der Waals surface area contributed by atoms with Crippen molar-refractivity contribution in [3.8, 4) is 0 Å². The van der Waals surface area contributed by atoms with Crippen LogP contribution in [0.1, 0.15) is 20.3 Å². The number of hydrogen-bond donors (Lipinski definition) is 1. The summed E-state index contributed by atoms with van der Waals surface area (Å²) in [5.74, 6) is 0.223. The van der Waals surface area contributed by atoms with Crippen molar-refractivity contribution in [2.45, 2.75) is 38.9 Å². The van der Waals surface area contributed by atoms with Gasteiger partial charge in [0.25, 0.3) is 0 Å². The number of halogens is 2.